The van der Waals surface area contributed by atoms with E-state index in [1.807, 2.05) is 0 Å². The molecule has 2 aliphatic heterocycles. The number of piperidine rings is 1. The van der Waals surface area contributed by atoms with E-state index in [4.69, 9.17) is 0 Å². The van der Waals surface area contributed by atoms with Crippen LogP contribution in [0.2, 0.25) is 0 Å². The zero-order chi connectivity index (χ0) is 14.5. The van der Waals surface area contributed by atoms with Crippen LogP contribution < -0.4 is 15.5 Å². The molecule has 1 atom stereocenters. The van der Waals surface area contributed by atoms with Gasteiger partial charge in [-0.3, -0.25) is 4.79 Å². The third-order valence-corrected chi connectivity index (χ3v) is 4.56. The summed E-state index contributed by atoms with van der Waals surface area (Å²) in [7, 11) is 0. The molecule has 0 bridgehead atoms. The fraction of sp³-hybridized carbons (Fsp3) is 0.588. The highest BCUT2D eigenvalue weighted by molar-refractivity contribution is 5.78. The van der Waals surface area contributed by atoms with E-state index in [2.05, 4.69) is 39.8 Å². The Morgan fingerprint density at radius 3 is 3.14 bits per heavy atom. The Hall–Kier alpha value is -1.55. The average Bonchev–Trinajstić information content (AvgIpc) is 2.95. The van der Waals surface area contributed by atoms with Crippen LogP contribution in [-0.4, -0.2) is 38.6 Å². The zero-order valence-corrected chi connectivity index (χ0v) is 12.6. The largest absolute Gasteiger partial charge is 0.371 e. The van der Waals surface area contributed by atoms with Crippen LogP contribution >= 0.6 is 0 Å². The Balaban J connectivity index is 1.38. The van der Waals surface area contributed by atoms with Crippen molar-refractivity contribution in [3.63, 3.8) is 0 Å². The van der Waals surface area contributed by atoms with Crippen molar-refractivity contribution in [2.45, 2.75) is 25.7 Å². The highest BCUT2D eigenvalue weighted by Crippen LogP contribution is 2.27. The Morgan fingerprint density at radius 1 is 1.38 bits per heavy atom. The van der Waals surface area contributed by atoms with Crippen LogP contribution in [0.3, 0.4) is 0 Å². The first kappa shape index (κ1) is 14.4. The normalized spacial score (nSPS) is 21.1. The molecule has 1 aromatic rings. The lowest BCUT2D eigenvalue weighted by atomic mass is 9.99. The number of hydrogen-bond acceptors (Lipinski definition) is 3. The Morgan fingerprint density at radius 2 is 2.29 bits per heavy atom. The number of anilines is 1. The third kappa shape index (κ3) is 3.56. The number of fused-ring (bicyclic) bond motifs is 1. The topological polar surface area (TPSA) is 44.4 Å². The van der Waals surface area contributed by atoms with E-state index in [0.717, 1.165) is 58.4 Å². The molecule has 0 spiro atoms. The fourth-order valence-corrected chi connectivity index (χ4v) is 3.34. The number of hydrogen-bond donors (Lipinski definition) is 2. The van der Waals surface area contributed by atoms with Crippen molar-refractivity contribution in [3.05, 3.63) is 29.8 Å². The number of rotatable bonds is 5. The molecule has 21 heavy (non-hydrogen) atoms. The van der Waals surface area contributed by atoms with E-state index in [9.17, 15) is 4.79 Å². The molecular weight excluding hydrogens is 262 g/mol. The zero-order valence-electron chi connectivity index (χ0n) is 12.6. The van der Waals surface area contributed by atoms with Crippen molar-refractivity contribution in [1.29, 1.82) is 0 Å². The van der Waals surface area contributed by atoms with Crippen LogP contribution in [0.25, 0.3) is 0 Å². The number of carbonyl (C=O) groups excluding carboxylic acids is 1. The molecule has 2 N–H and O–H groups in total. The Bertz CT molecular complexity index is 483. The first-order valence-electron chi connectivity index (χ1n) is 8.16. The summed E-state index contributed by atoms with van der Waals surface area (Å²) in [4.78, 5) is 14.5. The Labute approximate surface area is 126 Å². The summed E-state index contributed by atoms with van der Waals surface area (Å²) in [6.45, 7) is 4.82. The second-order valence-corrected chi connectivity index (χ2v) is 6.05. The summed E-state index contributed by atoms with van der Waals surface area (Å²) in [5.41, 5.74) is 2.83. The van der Waals surface area contributed by atoms with Crippen LogP contribution in [0.15, 0.2) is 24.3 Å². The van der Waals surface area contributed by atoms with Crippen molar-refractivity contribution in [2.24, 2.45) is 5.92 Å². The first-order valence-corrected chi connectivity index (χ1v) is 8.16. The highest BCUT2D eigenvalue weighted by atomic mass is 16.1. The quantitative estimate of drug-likeness (QED) is 0.808. The van der Waals surface area contributed by atoms with Crippen molar-refractivity contribution in [1.82, 2.24) is 10.6 Å². The van der Waals surface area contributed by atoms with Gasteiger partial charge in [-0.05, 0) is 43.9 Å². The van der Waals surface area contributed by atoms with Gasteiger partial charge in [-0.15, -0.1) is 0 Å². The first-order chi connectivity index (χ1) is 10.3. The van der Waals surface area contributed by atoms with E-state index in [1.54, 1.807) is 0 Å². The molecule has 4 nitrogen and oxygen atoms in total. The minimum absolute atomic E-state index is 0.172. The van der Waals surface area contributed by atoms with Gasteiger partial charge >= 0.3 is 0 Å². The Kier molecular flexibility index (Phi) is 4.76. The number of carbonyl (C=O) groups is 1. The molecule has 3 rings (SSSR count). The van der Waals surface area contributed by atoms with Crippen LogP contribution in [0.5, 0.6) is 0 Å². The SMILES string of the molecule is O=C(NCCCN1CCc2ccccc21)[C@@H]1CCCNC1. The lowest BCUT2D eigenvalue weighted by molar-refractivity contribution is -0.125. The molecule has 2 heterocycles. The fourth-order valence-electron chi connectivity index (χ4n) is 3.34. The predicted octanol–water partition coefficient (Wildman–Crippen LogP) is 1.55. The summed E-state index contributed by atoms with van der Waals surface area (Å²) in [6.07, 6.45) is 4.30. The molecule has 1 fully saturated rings. The van der Waals surface area contributed by atoms with Crippen molar-refractivity contribution in [3.8, 4) is 0 Å². The number of nitrogens with zero attached hydrogens (tertiary/aromatic N) is 1. The number of amides is 1. The minimum atomic E-state index is 0.172. The minimum Gasteiger partial charge on any atom is -0.371 e. The maximum absolute atomic E-state index is 12.0. The summed E-state index contributed by atoms with van der Waals surface area (Å²) >= 11 is 0. The molecule has 0 saturated carbocycles. The molecule has 0 aliphatic carbocycles. The molecule has 0 aromatic heterocycles. The molecule has 1 saturated heterocycles. The van der Waals surface area contributed by atoms with Gasteiger partial charge in [0, 0.05) is 31.9 Å². The van der Waals surface area contributed by atoms with E-state index < -0.39 is 0 Å². The summed E-state index contributed by atoms with van der Waals surface area (Å²) in [6, 6.07) is 8.64. The molecule has 2 aliphatic rings. The van der Waals surface area contributed by atoms with Crippen molar-refractivity contribution < 1.29 is 4.79 Å². The van der Waals surface area contributed by atoms with Crippen LogP contribution in [0.4, 0.5) is 5.69 Å². The summed E-state index contributed by atoms with van der Waals surface area (Å²) in [5.74, 6) is 0.398. The molecular formula is C17H25N3O. The van der Waals surface area contributed by atoms with E-state index in [-0.39, 0.29) is 11.8 Å². The summed E-state index contributed by atoms with van der Waals surface area (Å²) in [5, 5.41) is 6.39. The average molecular weight is 287 g/mol. The molecule has 114 valence electrons. The smallest absolute Gasteiger partial charge is 0.224 e. The summed E-state index contributed by atoms with van der Waals surface area (Å²) < 4.78 is 0. The van der Waals surface area contributed by atoms with Gasteiger partial charge < -0.3 is 15.5 Å². The maximum atomic E-state index is 12.0. The number of benzene rings is 1. The van der Waals surface area contributed by atoms with Gasteiger partial charge in [0.25, 0.3) is 0 Å². The van der Waals surface area contributed by atoms with Crippen molar-refractivity contribution in [2.75, 3.05) is 37.6 Å². The lowest BCUT2D eigenvalue weighted by Crippen LogP contribution is -2.41. The molecule has 0 unspecified atom stereocenters. The van der Waals surface area contributed by atoms with Crippen LogP contribution in [-0.2, 0) is 11.2 Å². The molecule has 0 radical (unpaired) electrons. The third-order valence-electron chi connectivity index (χ3n) is 4.56. The monoisotopic (exact) mass is 287 g/mol. The van der Waals surface area contributed by atoms with Gasteiger partial charge in [0.2, 0.25) is 5.91 Å². The van der Waals surface area contributed by atoms with Gasteiger partial charge in [-0.25, -0.2) is 0 Å². The standard InChI is InChI=1S/C17H25N3O/c21-17(15-6-3-9-18-13-15)19-10-4-11-20-12-8-14-5-1-2-7-16(14)20/h1-2,5,7,15,18H,3-4,6,8-13H2,(H,19,21)/t15-/m1/s1. The highest BCUT2D eigenvalue weighted by Gasteiger charge is 2.21. The van der Waals surface area contributed by atoms with Gasteiger partial charge in [0.15, 0.2) is 0 Å². The maximum Gasteiger partial charge on any atom is 0.224 e. The second kappa shape index (κ2) is 6.94. The molecule has 4 heteroatoms. The van der Waals surface area contributed by atoms with Gasteiger partial charge in [0.1, 0.15) is 0 Å². The number of nitrogens with one attached hydrogen (secondary N) is 2. The second-order valence-electron chi connectivity index (χ2n) is 6.05. The van der Waals surface area contributed by atoms with Crippen LogP contribution in [0.1, 0.15) is 24.8 Å². The van der Waals surface area contributed by atoms with Gasteiger partial charge in [-0.2, -0.15) is 0 Å². The van der Waals surface area contributed by atoms with E-state index >= 15 is 0 Å². The lowest BCUT2D eigenvalue weighted by Gasteiger charge is -2.23. The van der Waals surface area contributed by atoms with E-state index in [0.29, 0.717) is 0 Å². The van der Waals surface area contributed by atoms with Gasteiger partial charge in [-0.1, -0.05) is 18.2 Å². The van der Waals surface area contributed by atoms with Crippen LogP contribution in [0, 0.1) is 5.92 Å². The predicted molar refractivity (Wildman–Crippen MR) is 85.6 cm³/mol. The number of para-hydroxylation sites is 1. The van der Waals surface area contributed by atoms with E-state index in [1.165, 1.54) is 11.3 Å². The molecule has 1 aromatic carbocycles. The molecule has 1 amide bonds. The van der Waals surface area contributed by atoms with Crippen molar-refractivity contribution >= 4 is 11.6 Å². The van der Waals surface area contributed by atoms with Gasteiger partial charge in [0.05, 0.1) is 5.92 Å².